The maximum absolute atomic E-state index is 14.6. The number of nitrogens with one attached hydrogen (secondary N) is 1. The molecule has 4 aromatic rings. The topological polar surface area (TPSA) is 136 Å². The van der Waals surface area contributed by atoms with E-state index >= 15 is 0 Å². The van der Waals surface area contributed by atoms with Gasteiger partial charge in [-0.25, -0.2) is 13.1 Å². The minimum atomic E-state index is -3.84. The number of piperidine rings is 1. The smallest absolute Gasteiger partial charge is 0.264 e. The van der Waals surface area contributed by atoms with Crippen molar-refractivity contribution in [3.05, 3.63) is 70.5 Å². The van der Waals surface area contributed by atoms with Crippen LogP contribution in [0.25, 0.3) is 33.8 Å². The van der Waals surface area contributed by atoms with Crippen LogP contribution < -0.4 is 9.46 Å². The zero-order valence-corrected chi connectivity index (χ0v) is 32.0. The van der Waals surface area contributed by atoms with Crippen molar-refractivity contribution in [1.82, 2.24) is 24.0 Å². The van der Waals surface area contributed by atoms with Gasteiger partial charge in [0, 0.05) is 41.2 Å². The van der Waals surface area contributed by atoms with E-state index in [0.29, 0.717) is 42.3 Å². The molecular formula is C41H49N5O6S. The van der Waals surface area contributed by atoms with Gasteiger partial charge in [0.1, 0.15) is 5.75 Å². The monoisotopic (exact) mass is 739 g/mol. The molecule has 8 rings (SSSR count). The van der Waals surface area contributed by atoms with Crippen molar-refractivity contribution in [1.29, 1.82) is 0 Å². The molecule has 2 saturated heterocycles. The first kappa shape index (κ1) is 35.6. The number of benzene rings is 2. The van der Waals surface area contributed by atoms with Gasteiger partial charge in [0.05, 0.1) is 47.7 Å². The van der Waals surface area contributed by atoms with Crippen LogP contribution in [0, 0.1) is 0 Å². The van der Waals surface area contributed by atoms with Crippen LogP contribution in [0.5, 0.6) is 5.75 Å². The molecule has 280 valence electrons. The van der Waals surface area contributed by atoms with Gasteiger partial charge in [-0.05, 0) is 118 Å². The summed E-state index contributed by atoms with van der Waals surface area (Å²) in [6.45, 7) is 5.34. The Hall–Kier alpha value is -4.42. The van der Waals surface area contributed by atoms with Crippen LogP contribution >= 0.6 is 0 Å². The van der Waals surface area contributed by atoms with E-state index in [4.69, 9.17) is 4.74 Å². The molecule has 2 aromatic heterocycles. The molecule has 0 spiro atoms. The van der Waals surface area contributed by atoms with Crippen LogP contribution in [-0.4, -0.2) is 74.6 Å². The second kappa shape index (κ2) is 13.2. The maximum atomic E-state index is 14.6. The molecule has 2 aromatic carbocycles. The number of aromatic nitrogens is 3. The quantitative estimate of drug-likeness (QED) is 0.217. The fraction of sp³-hybridized carbons (Fsp3) is 0.488. The number of hydrogen-bond acceptors (Lipinski definition) is 7. The van der Waals surface area contributed by atoms with Crippen LogP contribution in [0.2, 0.25) is 0 Å². The van der Waals surface area contributed by atoms with Gasteiger partial charge in [-0.1, -0.05) is 25.3 Å². The van der Waals surface area contributed by atoms with E-state index in [1.807, 2.05) is 43.1 Å². The Labute approximate surface area is 311 Å². The number of aryl methyl sites for hydroxylation is 1. The van der Waals surface area contributed by atoms with Crippen molar-refractivity contribution in [2.24, 2.45) is 7.05 Å². The number of carbonyl (C=O) groups excluding carboxylic acids is 2. The van der Waals surface area contributed by atoms with Crippen molar-refractivity contribution in [2.45, 2.75) is 114 Å². The molecule has 11 nitrogen and oxygen atoms in total. The number of aliphatic hydroxyl groups is 1. The summed E-state index contributed by atoms with van der Waals surface area (Å²) in [4.78, 5) is 30.1. The fourth-order valence-electron chi connectivity index (χ4n) is 9.54. The Morgan fingerprint density at radius 2 is 1.72 bits per heavy atom. The van der Waals surface area contributed by atoms with Gasteiger partial charge in [0.15, 0.2) is 0 Å². The molecule has 3 fully saturated rings. The van der Waals surface area contributed by atoms with Gasteiger partial charge in [-0.2, -0.15) is 5.10 Å². The highest BCUT2D eigenvalue weighted by atomic mass is 32.2. The van der Waals surface area contributed by atoms with E-state index in [1.165, 1.54) is 12.0 Å². The summed E-state index contributed by atoms with van der Waals surface area (Å²) in [5.41, 5.74) is 6.69. The Balaban J connectivity index is 1.31. The number of hydrogen-bond donors (Lipinski definition) is 2. The number of sulfonamides is 1. The highest BCUT2D eigenvalue weighted by Gasteiger charge is 2.48. The third kappa shape index (κ3) is 6.17. The van der Waals surface area contributed by atoms with Crippen molar-refractivity contribution in [3.8, 4) is 17.0 Å². The van der Waals surface area contributed by atoms with Crippen LogP contribution in [0.3, 0.4) is 0 Å². The van der Waals surface area contributed by atoms with Crippen molar-refractivity contribution < 1.29 is 27.9 Å². The standard InChI is InChI=1S/C41H49N5O6S/c1-24(2)53(50,51)43-39(47)26-11-15-33-35(19-26)45-23-28(17-27-18-31(52-5)14-16-32(27)38(45)36(33)25-9-7-6-8-10-25)37-34(22-42-44(37)4)40(48)46-29-12-13-30(46)21-41(3,49)20-29/h11,14-19,22,24-25,29-30,49H,6-10,12-13,20-21,23H2,1-5H3,(H,43,47)/t29-,30+,41?. The molecule has 2 amide bonds. The van der Waals surface area contributed by atoms with Crippen molar-refractivity contribution in [3.63, 3.8) is 0 Å². The Kier molecular flexibility index (Phi) is 8.84. The molecule has 2 bridgehead atoms. The minimum Gasteiger partial charge on any atom is -0.497 e. The summed E-state index contributed by atoms with van der Waals surface area (Å²) in [5, 5.41) is 15.9. The molecule has 4 aliphatic rings. The maximum Gasteiger partial charge on any atom is 0.264 e. The first-order valence-corrected chi connectivity index (χ1v) is 20.5. The highest BCUT2D eigenvalue weighted by Crippen LogP contribution is 2.48. The largest absolute Gasteiger partial charge is 0.497 e. The van der Waals surface area contributed by atoms with Gasteiger partial charge >= 0.3 is 0 Å². The summed E-state index contributed by atoms with van der Waals surface area (Å²) in [7, 11) is -0.328. The number of rotatable bonds is 7. The summed E-state index contributed by atoms with van der Waals surface area (Å²) in [6, 6.07) is 11.6. The van der Waals surface area contributed by atoms with E-state index in [1.54, 1.807) is 37.9 Å². The first-order chi connectivity index (χ1) is 25.3. The Morgan fingerprint density at radius 3 is 2.40 bits per heavy atom. The minimum absolute atomic E-state index is 0.0282. The van der Waals surface area contributed by atoms with Crippen molar-refractivity contribution in [2.75, 3.05) is 7.11 Å². The third-order valence-corrected chi connectivity index (χ3v) is 13.8. The molecule has 1 unspecified atom stereocenters. The number of methoxy groups -OCH3 is 1. The molecule has 5 heterocycles. The lowest BCUT2D eigenvalue weighted by atomic mass is 9.81. The fourth-order valence-corrected chi connectivity index (χ4v) is 10.2. The number of nitrogens with zero attached hydrogens (tertiary/aromatic N) is 4. The number of amides is 2. The predicted octanol–water partition coefficient (Wildman–Crippen LogP) is 6.64. The average molecular weight is 740 g/mol. The number of ether oxygens (including phenoxy) is 1. The molecule has 12 heteroatoms. The molecule has 1 saturated carbocycles. The van der Waals surface area contributed by atoms with Gasteiger partial charge < -0.3 is 19.3 Å². The Morgan fingerprint density at radius 1 is 1.00 bits per heavy atom. The molecular weight excluding hydrogens is 691 g/mol. The summed E-state index contributed by atoms with van der Waals surface area (Å²) in [5.74, 6) is 0.282. The van der Waals surface area contributed by atoms with E-state index in [-0.39, 0.29) is 23.6 Å². The Bertz CT molecular complexity index is 2260. The van der Waals surface area contributed by atoms with E-state index < -0.39 is 26.8 Å². The molecule has 2 N–H and O–H groups in total. The normalized spacial score (nSPS) is 23.1. The molecule has 1 aliphatic carbocycles. The molecule has 0 radical (unpaired) electrons. The zero-order valence-electron chi connectivity index (χ0n) is 31.2. The third-order valence-electron chi connectivity index (χ3n) is 12.1. The van der Waals surface area contributed by atoms with Gasteiger partial charge in [-0.3, -0.25) is 14.3 Å². The highest BCUT2D eigenvalue weighted by molar-refractivity contribution is 7.90. The van der Waals surface area contributed by atoms with Gasteiger partial charge in [-0.15, -0.1) is 0 Å². The molecule has 3 aliphatic heterocycles. The second-order valence-corrected chi connectivity index (χ2v) is 18.3. The first-order valence-electron chi connectivity index (χ1n) is 18.9. The summed E-state index contributed by atoms with van der Waals surface area (Å²) >= 11 is 0. The van der Waals surface area contributed by atoms with Crippen LogP contribution in [0.15, 0.2) is 42.6 Å². The lowest BCUT2D eigenvalue weighted by molar-refractivity contribution is -0.0300. The SMILES string of the molecule is COc1ccc2c(c1)C=C(c1c(C(=O)N3[C@@H]4CC[C@H]3CC(C)(O)C4)cnn1C)Cn1c-2c(C2CCCCC2)c2ccc(C(=O)NS(=O)(=O)C(C)C)cc21. The second-order valence-electron chi connectivity index (χ2n) is 16.1. The van der Waals surface area contributed by atoms with Crippen molar-refractivity contribution >= 4 is 44.4 Å². The summed E-state index contributed by atoms with van der Waals surface area (Å²) in [6.07, 6.45) is 12.2. The van der Waals surface area contributed by atoms with Crippen LogP contribution in [0.1, 0.15) is 122 Å². The summed E-state index contributed by atoms with van der Waals surface area (Å²) < 4.78 is 37.5. The number of fused-ring (bicyclic) bond motifs is 7. The number of carbonyl (C=O) groups is 2. The number of allylic oxidation sites excluding steroid dienone is 1. The van der Waals surface area contributed by atoms with E-state index in [0.717, 1.165) is 71.8 Å². The van der Waals surface area contributed by atoms with E-state index in [9.17, 15) is 23.1 Å². The van der Waals surface area contributed by atoms with Gasteiger partial charge in [0.2, 0.25) is 10.0 Å². The average Bonchev–Trinajstić information content (AvgIpc) is 3.72. The molecule has 53 heavy (non-hydrogen) atoms. The lowest BCUT2D eigenvalue weighted by Gasteiger charge is -2.42. The predicted molar refractivity (Wildman–Crippen MR) is 205 cm³/mol. The zero-order chi connectivity index (χ0) is 37.4. The molecule has 3 atom stereocenters. The van der Waals surface area contributed by atoms with Crippen LogP contribution in [0.4, 0.5) is 0 Å². The van der Waals surface area contributed by atoms with Gasteiger partial charge in [0.25, 0.3) is 11.8 Å². The van der Waals surface area contributed by atoms with E-state index in [2.05, 4.69) is 26.5 Å². The van der Waals surface area contributed by atoms with Crippen LogP contribution in [-0.2, 0) is 23.6 Å². The lowest BCUT2D eigenvalue weighted by Crippen LogP contribution is -2.52.